The molecule has 1 unspecified atom stereocenters. The van der Waals surface area contributed by atoms with Gasteiger partial charge in [-0.25, -0.2) is 9.97 Å². The Bertz CT molecular complexity index is 1800. The molecule has 5 heterocycles. The second-order valence-corrected chi connectivity index (χ2v) is 11.8. The monoisotopic (exact) mass is 570 g/mol. The number of hydrogen-bond acceptors (Lipinski definition) is 6. The highest BCUT2D eigenvalue weighted by atomic mass is 19.3. The average Bonchev–Trinajstić information content (AvgIpc) is 3.80. The molecular formula is C32H32F2N6O2. The van der Waals surface area contributed by atoms with Gasteiger partial charge in [0, 0.05) is 23.5 Å². The van der Waals surface area contributed by atoms with Crippen molar-refractivity contribution >= 4 is 21.8 Å². The number of hydrogen-bond donors (Lipinski definition) is 4. The number of ether oxygens (including phenoxy) is 2. The van der Waals surface area contributed by atoms with Crippen LogP contribution in [-0.2, 0) is 11.3 Å². The van der Waals surface area contributed by atoms with E-state index in [2.05, 4.69) is 73.6 Å². The first-order valence-corrected chi connectivity index (χ1v) is 14.7. The second kappa shape index (κ2) is 10.1. The number of halogens is 2. The molecule has 0 spiro atoms. The summed E-state index contributed by atoms with van der Waals surface area (Å²) in [5.74, 6) is 2.68. The smallest absolute Gasteiger partial charge is 0.345 e. The van der Waals surface area contributed by atoms with Crippen LogP contribution in [0.15, 0.2) is 48.7 Å². The zero-order valence-corrected chi connectivity index (χ0v) is 23.2. The largest absolute Gasteiger partial charge is 0.488 e. The van der Waals surface area contributed by atoms with E-state index in [9.17, 15) is 8.78 Å². The SMILES string of the molecule is C[C@H]1CC[C@@H](c2ncc(-c3ccc4c(c3)COc3cc5c(ccc6nc(C7C[C@H](COC(F)F)CN7)[nH]c65)cc3-4)[nH]2)N1. The summed E-state index contributed by atoms with van der Waals surface area (Å²) in [6.45, 7) is 0.623. The molecule has 0 saturated carbocycles. The van der Waals surface area contributed by atoms with Crippen molar-refractivity contribution in [3.8, 4) is 28.1 Å². The van der Waals surface area contributed by atoms with Crippen LogP contribution in [0.1, 0.15) is 55.5 Å². The molecule has 0 radical (unpaired) electrons. The lowest BCUT2D eigenvalue weighted by Gasteiger charge is -2.22. The summed E-state index contributed by atoms with van der Waals surface area (Å²) in [6.07, 6.45) is 4.88. The van der Waals surface area contributed by atoms with Crippen molar-refractivity contribution in [2.45, 2.75) is 57.5 Å². The van der Waals surface area contributed by atoms with E-state index < -0.39 is 6.61 Å². The maximum absolute atomic E-state index is 12.5. The number of nitrogens with one attached hydrogen (secondary N) is 4. The van der Waals surface area contributed by atoms with Crippen LogP contribution in [0.4, 0.5) is 8.78 Å². The van der Waals surface area contributed by atoms with Gasteiger partial charge in [-0.15, -0.1) is 0 Å². The Hall–Kier alpha value is -3.86. The van der Waals surface area contributed by atoms with Gasteiger partial charge in [0.05, 0.1) is 41.6 Å². The van der Waals surface area contributed by atoms with E-state index in [0.29, 0.717) is 25.6 Å². The molecule has 2 aromatic heterocycles. The standard InChI is InChI=1S/C32H32F2N6O2/c1-16-2-6-25(37-16)30-36-13-27(39-30)19-3-5-21-20(9-19)15-41-28-11-22-18(10-23(21)28)4-7-24-29(22)40-31(38-24)26-8-17(12-35-26)14-42-32(33)34/h3-5,7,9-11,13,16-17,25-26,32,35,37H,2,6,8,12,14-15H2,1H3,(H,36,39)(H,38,40)/t16-,17-,25-,26?/m0/s1. The first kappa shape index (κ1) is 25.8. The Morgan fingerprint density at radius 2 is 1.95 bits per heavy atom. The number of rotatable bonds is 6. The maximum atomic E-state index is 12.5. The van der Waals surface area contributed by atoms with Gasteiger partial charge in [0.1, 0.15) is 24.0 Å². The minimum Gasteiger partial charge on any atom is -0.488 e. The highest BCUT2D eigenvalue weighted by molar-refractivity contribution is 6.07. The molecule has 3 aliphatic heterocycles. The molecule has 3 aromatic carbocycles. The van der Waals surface area contributed by atoms with Gasteiger partial charge in [-0.2, -0.15) is 8.78 Å². The Balaban J connectivity index is 1.07. The lowest BCUT2D eigenvalue weighted by Crippen LogP contribution is -2.21. The zero-order valence-electron chi connectivity index (χ0n) is 23.2. The van der Waals surface area contributed by atoms with Crippen LogP contribution in [0.25, 0.3) is 44.2 Å². The van der Waals surface area contributed by atoms with Crippen molar-refractivity contribution < 1.29 is 18.3 Å². The molecule has 10 heteroatoms. The Morgan fingerprint density at radius 3 is 2.81 bits per heavy atom. The van der Waals surface area contributed by atoms with E-state index in [1.807, 2.05) is 12.3 Å². The van der Waals surface area contributed by atoms with E-state index in [0.717, 1.165) is 74.4 Å². The topological polar surface area (TPSA) is 99.9 Å². The van der Waals surface area contributed by atoms with E-state index in [4.69, 9.17) is 9.72 Å². The molecule has 2 fully saturated rings. The summed E-state index contributed by atoms with van der Waals surface area (Å²) in [7, 11) is 0. The Kier molecular flexibility index (Phi) is 6.24. The third-order valence-corrected chi connectivity index (χ3v) is 8.99. The molecule has 3 aliphatic rings. The number of imidazole rings is 2. The molecule has 0 aliphatic carbocycles. The van der Waals surface area contributed by atoms with Gasteiger partial charge < -0.3 is 30.1 Å². The summed E-state index contributed by atoms with van der Waals surface area (Å²) < 4.78 is 35.8. The van der Waals surface area contributed by atoms with Gasteiger partial charge >= 0.3 is 6.61 Å². The highest BCUT2D eigenvalue weighted by Crippen LogP contribution is 2.43. The Labute approximate surface area is 241 Å². The summed E-state index contributed by atoms with van der Waals surface area (Å²) >= 11 is 0. The number of benzene rings is 3. The first-order valence-electron chi connectivity index (χ1n) is 14.7. The van der Waals surface area contributed by atoms with Crippen molar-refractivity contribution in [1.82, 2.24) is 30.6 Å². The molecule has 5 aromatic rings. The third kappa shape index (κ3) is 4.54. The molecule has 0 bridgehead atoms. The van der Waals surface area contributed by atoms with Gasteiger partial charge in [0.2, 0.25) is 0 Å². The predicted molar refractivity (Wildman–Crippen MR) is 156 cm³/mol. The lowest BCUT2D eigenvalue weighted by atomic mass is 9.92. The van der Waals surface area contributed by atoms with Gasteiger partial charge in [-0.05, 0) is 78.4 Å². The maximum Gasteiger partial charge on any atom is 0.345 e. The van der Waals surface area contributed by atoms with E-state index >= 15 is 0 Å². The number of fused-ring (bicyclic) bond motifs is 6. The molecule has 8 rings (SSSR count). The molecule has 2 saturated heterocycles. The van der Waals surface area contributed by atoms with Crippen molar-refractivity contribution in [3.63, 3.8) is 0 Å². The summed E-state index contributed by atoms with van der Waals surface area (Å²) in [5, 5.41) is 9.13. The highest BCUT2D eigenvalue weighted by Gasteiger charge is 2.29. The first-order chi connectivity index (χ1) is 20.5. The van der Waals surface area contributed by atoms with Crippen molar-refractivity contribution in [2.75, 3.05) is 13.2 Å². The van der Waals surface area contributed by atoms with Crippen LogP contribution in [-0.4, -0.2) is 45.7 Å². The zero-order chi connectivity index (χ0) is 28.4. The van der Waals surface area contributed by atoms with Crippen LogP contribution < -0.4 is 15.4 Å². The molecule has 4 N–H and O–H groups in total. The number of nitrogens with zero attached hydrogens (tertiary/aromatic N) is 2. The van der Waals surface area contributed by atoms with Gasteiger partial charge in [0.15, 0.2) is 0 Å². The molecule has 4 atom stereocenters. The fourth-order valence-corrected chi connectivity index (χ4v) is 6.80. The fourth-order valence-electron chi connectivity index (χ4n) is 6.80. The minimum atomic E-state index is -2.74. The number of aromatic amines is 2. The van der Waals surface area contributed by atoms with Crippen molar-refractivity contribution in [1.29, 1.82) is 0 Å². The average molecular weight is 571 g/mol. The number of H-pyrrole nitrogens is 2. The van der Waals surface area contributed by atoms with E-state index in [1.54, 1.807) is 0 Å². The predicted octanol–water partition coefficient (Wildman–Crippen LogP) is 6.37. The van der Waals surface area contributed by atoms with Crippen LogP contribution in [0.5, 0.6) is 5.75 Å². The van der Waals surface area contributed by atoms with Gasteiger partial charge in [-0.1, -0.05) is 18.2 Å². The number of aromatic nitrogens is 4. The Morgan fingerprint density at radius 1 is 1.02 bits per heavy atom. The summed E-state index contributed by atoms with van der Waals surface area (Å²) in [4.78, 5) is 16.5. The fraction of sp³-hybridized carbons (Fsp3) is 0.375. The van der Waals surface area contributed by atoms with Crippen LogP contribution in [0.2, 0.25) is 0 Å². The van der Waals surface area contributed by atoms with Crippen LogP contribution in [0, 0.1) is 5.92 Å². The van der Waals surface area contributed by atoms with Gasteiger partial charge in [0.25, 0.3) is 0 Å². The molecule has 216 valence electrons. The third-order valence-electron chi connectivity index (χ3n) is 8.99. The van der Waals surface area contributed by atoms with Crippen LogP contribution in [0.3, 0.4) is 0 Å². The quantitative estimate of drug-likeness (QED) is 0.189. The molecule has 8 nitrogen and oxygen atoms in total. The van der Waals surface area contributed by atoms with E-state index in [-0.39, 0.29) is 24.6 Å². The molecule has 42 heavy (non-hydrogen) atoms. The van der Waals surface area contributed by atoms with Crippen LogP contribution >= 0.6 is 0 Å². The van der Waals surface area contributed by atoms with Gasteiger partial charge in [-0.3, -0.25) is 0 Å². The molecule has 0 amide bonds. The summed E-state index contributed by atoms with van der Waals surface area (Å²) in [6, 6.07) is 15.7. The number of alkyl halides is 2. The van der Waals surface area contributed by atoms with E-state index in [1.165, 1.54) is 5.56 Å². The normalized spacial score (nSPS) is 23.5. The van der Waals surface area contributed by atoms with Crippen molar-refractivity contribution in [2.24, 2.45) is 5.92 Å². The summed E-state index contributed by atoms with van der Waals surface area (Å²) in [5.41, 5.74) is 7.32. The van der Waals surface area contributed by atoms with Crippen molar-refractivity contribution in [3.05, 3.63) is 65.9 Å². The lowest BCUT2D eigenvalue weighted by molar-refractivity contribution is -0.136. The second-order valence-electron chi connectivity index (χ2n) is 11.8. The minimum absolute atomic E-state index is 0.0263. The molecular weight excluding hydrogens is 538 g/mol.